The first-order valence-electron chi connectivity index (χ1n) is 29.7. The number of carbonyl (C=O) groups excluding carboxylic acids is 3. The molecule has 0 fully saturated rings. The lowest BCUT2D eigenvalue weighted by Gasteiger charge is -2.21. The fourth-order valence-electron chi connectivity index (χ4n) is 13.0. The van der Waals surface area contributed by atoms with Gasteiger partial charge in [0.05, 0.1) is 152 Å². The Bertz CT molecular complexity index is 6640. The highest BCUT2D eigenvalue weighted by molar-refractivity contribution is 6.32. The number of esters is 1. The summed E-state index contributed by atoms with van der Waals surface area (Å²) < 4.78 is 6.41. The highest BCUT2D eigenvalue weighted by Gasteiger charge is 2.37. The number of aromatic nitrogens is 3. The zero-order chi connectivity index (χ0) is 73.0. The topological polar surface area (TPSA) is 567 Å². The van der Waals surface area contributed by atoms with Gasteiger partial charge in [0.15, 0.2) is 44.1 Å². The highest BCUT2D eigenvalue weighted by atomic mass is 16.5. The fourth-order valence-corrected chi connectivity index (χ4v) is 13.0. The van der Waals surface area contributed by atoms with E-state index in [2.05, 4.69) is 11.6 Å². The summed E-state index contributed by atoms with van der Waals surface area (Å²) >= 11 is 0. The van der Waals surface area contributed by atoms with Crippen LogP contribution in [0.3, 0.4) is 0 Å². The van der Waals surface area contributed by atoms with Crippen LogP contribution in [0, 0.1) is 22.7 Å². The molecule has 30 nitrogen and oxygen atoms in total. The van der Waals surface area contributed by atoms with Crippen LogP contribution >= 0.6 is 0 Å². The second kappa shape index (κ2) is 24.4. The molecule has 3 aromatic heterocycles. The van der Waals surface area contributed by atoms with Crippen molar-refractivity contribution in [3.63, 3.8) is 0 Å². The molecular formula is C71H45N13O17. The Labute approximate surface area is 557 Å². The molecule has 496 valence electrons. The van der Waals surface area contributed by atoms with Crippen LogP contribution < -0.4 is 112 Å². The number of ketones is 2. The predicted octanol–water partition coefficient (Wildman–Crippen LogP) is 0.903. The summed E-state index contributed by atoms with van der Waals surface area (Å²) in [7, 11) is 0. The lowest BCUT2D eigenvalue weighted by Crippen LogP contribution is -2.28. The Morgan fingerprint density at radius 1 is 0.406 bits per heavy atom. The maximum atomic E-state index is 13.0. The minimum absolute atomic E-state index is 0.100. The van der Waals surface area contributed by atoms with Crippen molar-refractivity contribution < 1.29 is 24.2 Å². The van der Waals surface area contributed by atoms with Gasteiger partial charge in [-0.05, 0) is 0 Å². The molecule has 0 amide bonds. The number of nitriles is 2. The molecule has 1 aliphatic carbocycles. The van der Waals surface area contributed by atoms with E-state index in [1.165, 1.54) is 48.5 Å². The van der Waals surface area contributed by atoms with E-state index in [1.807, 2.05) is 0 Å². The van der Waals surface area contributed by atoms with Crippen LogP contribution in [0.5, 0.6) is 0 Å². The molecule has 101 heavy (non-hydrogen) atoms. The van der Waals surface area contributed by atoms with Gasteiger partial charge >= 0.3 is 5.97 Å². The molecule has 30 heteroatoms. The summed E-state index contributed by atoms with van der Waals surface area (Å²) in [6, 6.07) is 28.5. The second-order valence-corrected chi connectivity index (χ2v) is 22.8. The van der Waals surface area contributed by atoms with Crippen molar-refractivity contribution in [3.05, 3.63) is 267 Å². The van der Waals surface area contributed by atoms with E-state index in [0.717, 1.165) is 15.2 Å². The quantitative estimate of drug-likeness (QED) is 0.0363. The van der Waals surface area contributed by atoms with Crippen LogP contribution in [0.25, 0.3) is 97.0 Å². The number of hydrogen-bond acceptors (Lipinski definition) is 27. The van der Waals surface area contributed by atoms with E-state index in [9.17, 15) is 82.4 Å². The number of H-pyrrole nitrogens is 1. The van der Waals surface area contributed by atoms with E-state index < -0.39 is 90.1 Å². The summed E-state index contributed by atoms with van der Waals surface area (Å²) in [4.78, 5) is 190. The minimum atomic E-state index is -0.782. The maximum absolute atomic E-state index is 13.0. The standard InChI is InChI=1S/C21H15N3O6.C18H13N3O5.C16H8N4O2.C16H9N3O4/c1-2-11(25)30-8-7-24-20(28)14-15(21(24)29)17(23)13-12(16(14)22)18(26)9-5-3-4-6-10(9)19(13)27;19-13-9-10(16(24)8-4-2-1-3-7(8)15(9)23)14(20)12-11(13)17(25)21(5-6-22)18(12)26;17-5-9-10(6-18)14(20)12-11(13(9)19)15(21)7-3-1-2-4-8(7)16(12)22;17-11-7-8(12(18)10-9(11)15(22)19-16(10)23)14(21)6-4-2-1-3-5(6)13(7)20/h2-6H,1,7-8,22-23H2;1-4,22H,5-6,19-20H2;1-4H,19-20H2;1-4H,17-18H2,(H,19,22,23). The Kier molecular flexibility index (Phi) is 16.0. The summed E-state index contributed by atoms with van der Waals surface area (Å²) in [5.41, 5.74) is 38.4. The van der Waals surface area contributed by atoms with Crippen molar-refractivity contribution in [1.82, 2.24) is 14.1 Å². The largest absolute Gasteiger partial charge is 0.461 e. The van der Waals surface area contributed by atoms with Gasteiger partial charge in [-0.1, -0.05) is 104 Å². The van der Waals surface area contributed by atoms with Gasteiger partial charge in [-0.25, -0.2) is 4.79 Å². The average Bonchev–Trinajstić information content (AvgIpc) is 1.67. The molecule has 0 aliphatic heterocycles. The second-order valence-electron chi connectivity index (χ2n) is 22.8. The third-order valence-electron chi connectivity index (χ3n) is 17.6. The first-order chi connectivity index (χ1) is 48.1. The zero-order valence-corrected chi connectivity index (χ0v) is 51.7. The van der Waals surface area contributed by atoms with Crippen LogP contribution in [0.2, 0.25) is 0 Å². The number of nitrogens with two attached hydrogens (primary N) is 8. The van der Waals surface area contributed by atoms with Gasteiger partial charge in [0.25, 0.3) is 33.4 Å². The van der Waals surface area contributed by atoms with E-state index in [1.54, 1.807) is 60.7 Å². The number of nitrogens with zero attached hydrogens (tertiary/aromatic N) is 4. The molecule has 0 saturated heterocycles. The molecule has 0 bridgehead atoms. The molecule has 0 radical (unpaired) electrons. The van der Waals surface area contributed by atoms with Crippen molar-refractivity contribution in [2.24, 2.45) is 0 Å². The van der Waals surface area contributed by atoms with Crippen LogP contribution in [0.15, 0.2) is 167 Å². The third-order valence-corrected chi connectivity index (χ3v) is 17.6. The van der Waals surface area contributed by atoms with Gasteiger partial charge in [-0.15, -0.1) is 0 Å². The monoisotopic (exact) mass is 1350 g/mol. The Morgan fingerprint density at radius 3 is 0.921 bits per heavy atom. The average molecular weight is 1350 g/mol. The van der Waals surface area contributed by atoms with Gasteiger partial charge in [-0.2, -0.15) is 10.5 Å². The normalized spacial score (nSPS) is 11.7. The van der Waals surface area contributed by atoms with Crippen LogP contribution in [-0.2, 0) is 22.6 Å². The SMILES string of the molecule is C=CC(=O)OCCn1c(=O)c2c(N)c3c(=O)c4ccccc4c(=O)c3c(N)c2c1=O.N#Cc1c(N)c2c(c(N)c1C#N)C(=O)c1ccccc1C2=O.Nc1c2c(=O)[nH]c(=O)c2c(N)c2c(=O)c3ccccc3c(=O)c12.Nc1c2c(=O)c3ccccc3c(=O)c2c(N)c2c(=O)n(CCO)c(=O)c12. The minimum Gasteiger partial charge on any atom is -0.461 e. The number of fused-ring (bicyclic) bond motifs is 11. The number of aromatic amines is 1. The maximum Gasteiger partial charge on any atom is 0.330 e. The number of nitrogen functional groups attached to an aromatic ring is 8. The van der Waals surface area contributed by atoms with Crippen molar-refractivity contribution >= 4 is 160 Å². The van der Waals surface area contributed by atoms with Crippen molar-refractivity contribution in [2.75, 3.05) is 59.1 Å². The predicted molar refractivity (Wildman–Crippen MR) is 382 cm³/mol. The first kappa shape index (κ1) is 66.1. The van der Waals surface area contributed by atoms with Gasteiger partial charge in [0.1, 0.15) is 18.7 Å². The van der Waals surface area contributed by atoms with Crippen molar-refractivity contribution in [3.8, 4) is 12.1 Å². The van der Waals surface area contributed by atoms with Gasteiger partial charge in [-0.3, -0.25) is 81.2 Å². The summed E-state index contributed by atoms with van der Waals surface area (Å²) in [6.45, 7) is 2.06. The van der Waals surface area contributed by atoms with Crippen LogP contribution in [0.4, 0.5) is 45.5 Å². The number of ether oxygens (including phenoxy) is 1. The molecule has 11 aromatic carbocycles. The molecule has 1 aliphatic rings. The van der Waals surface area contributed by atoms with Gasteiger partial charge in [0, 0.05) is 49.5 Å². The number of nitrogens with one attached hydrogen (secondary N) is 1. The third kappa shape index (κ3) is 9.54. The molecule has 0 saturated carbocycles. The van der Waals surface area contributed by atoms with E-state index in [4.69, 9.17) is 55.7 Å². The molecule has 18 N–H and O–H groups in total. The van der Waals surface area contributed by atoms with Crippen LogP contribution in [0.1, 0.15) is 43.0 Å². The molecular weight excluding hydrogens is 1310 g/mol. The lowest BCUT2D eigenvalue weighted by atomic mass is 9.80. The van der Waals surface area contributed by atoms with E-state index in [-0.39, 0.29) is 196 Å². The Hall–Kier alpha value is -14.9. The zero-order valence-electron chi connectivity index (χ0n) is 51.7. The Morgan fingerprint density at radius 2 is 0.663 bits per heavy atom. The highest BCUT2D eigenvalue weighted by Crippen LogP contribution is 2.39. The Balaban J connectivity index is 0.000000128. The van der Waals surface area contributed by atoms with Gasteiger partial charge in [0.2, 0.25) is 0 Å². The lowest BCUT2D eigenvalue weighted by molar-refractivity contribution is -0.138. The summed E-state index contributed by atoms with van der Waals surface area (Å²) in [6.07, 6.45) is 0.946. The number of aliphatic hydroxyl groups excluding tert-OH is 1. The number of hydrogen-bond donors (Lipinski definition) is 10. The van der Waals surface area contributed by atoms with Gasteiger partial charge < -0.3 is 55.7 Å². The number of aliphatic hydroxyl groups is 1. The molecule has 15 rings (SSSR count). The molecule has 3 heterocycles. The number of benzene rings is 11. The number of carbonyl (C=O) groups is 3. The van der Waals surface area contributed by atoms with Crippen LogP contribution in [-0.4, -0.2) is 50.0 Å². The summed E-state index contributed by atoms with van der Waals surface area (Å²) in [5, 5.41) is 26.4. The molecule has 14 aromatic rings. The van der Waals surface area contributed by atoms with E-state index in [0.29, 0.717) is 0 Å². The number of anilines is 8. The molecule has 0 unspecified atom stereocenters. The van der Waals surface area contributed by atoms with E-state index >= 15 is 0 Å². The molecule has 0 atom stereocenters. The first-order valence-corrected chi connectivity index (χ1v) is 29.7. The van der Waals surface area contributed by atoms with Crippen molar-refractivity contribution in [1.29, 1.82) is 10.5 Å². The number of rotatable bonds is 6. The van der Waals surface area contributed by atoms with Crippen molar-refractivity contribution in [2.45, 2.75) is 13.1 Å². The summed E-state index contributed by atoms with van der Waals surface area (Å²) in [5.74, 6) is -1.67. The smallest absolute Gasteiger partial charge is 0.330 e. The molecule has 0 spiro atoms. The fraction of sp³-hybridized carbons (Fsp3) is 0.0563.